The highest BCUT2D eigenvalue weighted by Crippen LogP contribution is 2.23. The molecular formula is C16H20N4O. The Morgan fingerprint density at radius 3 is 2.43 bits per heavy atom. The number of aryl methyl sites for hydroxylation is 2. The Bertz CT molecular complexity index is 665. The average Bonchev–Trinajstić information content (AvgIpc) is 2.39. The second-order valence-corrected chi connectivity index (χ2v) is 5.24. The second-order valence-electron chi connectivity index (χ2n) is 5.24. The van der Waals surface area contributed by atoms with E-state index >= 15 is 0 Å². The Kier molecular flexibility index (Phi) is 4.12. The van der Waals surface area contributed by atoms with Gasteiger partial charge in [-0.05, 0) is 43.2 Å². The van der Waals surface area contributed by atoms with Gasteiger partial charge < -0.3 is 16.4 Å². The zero-order chi connectivity index (χ0) is 15.6. The monoisotopic (exact) mass is 284 g/mol. The van der Waals surface area contributed by atoms with E-state index in [2.05, 4.69) is 4.98 Å². The molecular weight excluding hydrogens is 264 g/mol. The number of rotatable bonds is 4. The quantitative estimate of drug-likeness (QED) is 0.841. The largest absolute Gasteiger partial charge is 0.399 e. The van der Waals surface area contributed by atoms with Gasteiger partial charge in [0.05, 0.1) is 5.56 Å². The minimum Gasteiger partial charge on any atom is -0.399 e. The topological polar surface area (TPSA) is 85.2 Å². The first-order chi connectivity index (χ1) is 9.88. The molecule has 0 unspecified atom stereocenters. The van der Waals surface area contributed by atoms with Crippen molar-refractivity contribution in [3.05, 3.63) is 52.7 Å². The van der Waals surface area contributed by atoms with Gasteiger partial charge in [-0.15, -0.1) is 0 Å². The first-order valence-corrected chi connectivity index (χ1v) is 6.72. The van der Waals surface area contributed by atoms with Gasteiger partial charge in [0.15, 0.2) is 0 Å². The fourth-order valence-corrected chi connectivity index (χ4v) is 2.37. The van der Waals surface area contributed by atoms with Crippen LogP contribution < -0.4 is 16.4 Å². The molecule has 5 heteroatoms. The molecule has 0 saturated heterocycles. The number of hydrogen-bond acceptors (Lipinski definition) is 4. The molecule has 0 radical (unpaired) electrons. The van der Waals surface area contributed by atoms with Gasteiger partial charge >= 0.3 is 0 Å². The van der Waals surface area contributed by atoms with Gasteiger partial charge in [0.1, 0.15) is 5.82 Å². The maximum Gasteiger partial charge on any atom is 0.252 e. The molecule has 2 rings (SSSR count). The summed E-state index contributed by atoms with van der Waals surface area (Å²) in [5.74, 6) is 0.149. The molecule has 2 aromatic rings. The predicted octanol–water partition coefficient (Wildman–Crippen LogP) is 2.02. The van der Waals surface area contributed by atoms with Crippen molar-refractivity contribution in [2.45, 2.75) is 20.4 Å². The molecule has 4 N–H and O–H groups in total. The lowest BCUT2D eigenvalue weighted by molar-refractivity contribution is 0.1000. The number of primary amides is 1. The normalized spacial score (nSPS) is 10.4. The summed E-state index contributed by atoms with van der Waals surface area (Å²) >= 11 is 0. The molecule has 21 heavy (non-hydrogen) atoms. The van der Waals surface area contributed by atoms with Gasteiger partial charge in [-0.1, -0.05) is 12.1 Å². The van der Waals surface area contributed by atoms with Crippen LogP contribution in [0.3, 0.4) is 0 Å². The Balaban J connectivity index is 2.36. The van der Waals surface area contributed by atoms with E-state index in [-0.39, 0.29) is 0 Å². The van der Waals surface area contributed by atoms with Gasteiger partial charge in [-0.2, -0.15) is 0 Å². The minimum atomic E-state index is -0.459. The highest BCUT2D eigenvalue weighted by atomic mass is 16.1. The zero-order valence-corrected chi connectivity index (χ0v) is 12.6. The third-order valence-electron chi connectivity index (χ3n) is 3.33. The van der Waals surface area contributed by atoms with E-state index in [0.29, 0.717) is 17.9 Å². The molecule has 0 atom stereocenters. The number of nitrogens with zero attached hydrogens (tertiary/aromatic N) is 2. The van der Waals surface area contributed by atoms with E-state index in [4.69, 9.17) is 11.5 Å². The van der Waals surface area contributed by atoms with Crippen LogP contribution in [0.25, 0.3) is 0 Å². The Morgan fingerprint density at radius 2 is 1.86 bits per heavy atom. The van der Waals surface area contributed by atoms with Gasteiger partial charge in [0.25, 0.3) is 5.91 Å². The van der Waals surface area contributed by atoms with Gasteiger partial charge in [-0.25, -0.2) is 4.98 Å². The van der Waals surface area contributed by atoms with E-state index in [1.165, 1.54) is 0 Å². The third-order valence-corrected chi connectivity index (χ3v) is 3.33. The SMILES string of the molecule is Cc1cc(C)c(C(N)=O)c(N(C)Cc2ccc(N)cc2)n1. The fourth-order valence-electron chi connectivity index (χ4n) is 2.37. The molecule has 1 amide bonds. The Labute approximate surface area is 124 Å². The van der Waals surface area contributed by atoms with Crippen LogP contribution in [0.4, 0.5) is 11.5 Å². The van der Waals surface area contributed by atoms with Crippen LogP contribution in [0.1, 0.15) is 27.2 Å². The first-order valence-electron chi connectivity index (χ1n) is 6.72. The molecule has 0 fully saturated rings. The van der Waals surface area contributed by atoms with E-state index in [1.807, 2.05) is 56.1 Å². The third kappa shape index (κ3) is 3.31. The van der Waals surface area contributed by atoms with Crippen LogP contribution >= 0.6 is 0 Å². The highest BCUT2D eigenvalue weighted by Gasteiger charge is 2.17. The van der Waals surface area contributed by atoms with E-state index in [1.54, 1.807) is 0 Å². The number of carbonyl (C=O) groups is 1. The van der Waals surface area contributed by atoms with Crippen molar-refractivity contribution in [1.82, 2.24) is 4.98 Å². The van der Waals surface area contributed by atoms with Gasteiger partial charge in [0, 0.05) is 25.0 Å². The van der Waals surface area contributed by atoms with Crippen molar-refractivity contribution in [2.24, 2.45) is 5.73 Å². The number of pyridine rings is 1. The molecule has 0 aliphatic heterocycles. The highest BCUT2D eigenvalue weighted by molar-refractivity contribution is 5.99. The Morgan fingerprint density at radius 1 is 1.24 bits per heavy atom. The zero-order valence-electron chi connectivity index (χ0n) is 12.6. The number of aromatic nitrogens is 1. The van der Waals surface area contributed by atoms with Gasteiger partial charge in [0.2, 0.25) is 0 Å². The summed E-state index contributed by atoms with van der Waals surface area (Å²) in [5.41, 5.74) is 15.2. The molecule has 0 aliphatic rings. The van der Waals surface area contributed by atoms with E-state index < -0.39 is 5.91 Å². The number of benzene rings is 1. The average molecular weight is 284 g/mol. The molecule has 0 saturated carbocycles. The van der Waals surface area contributed by atoms with Crippen molar-refractivity contribution in [3.8, 4) is 0 Å². The standard InChI is InChI=1S/C16H20N4O/c1-10-8-11(2)19-16(14(10)15(18)21)20(3)9-12-4-6-13(17)7-5-12/h4-8H,9,17H2,1-3H3,(H2,18,21). The molecule has 0 spiro atoms. The number of nitrogen functional groups attached to an aromatic ring is 1. The summed E-state index contributed by atoms with van der Waals surface area (Å²) in [6, 6.07) is 9.48. The van der Waals surface area contributed by atoms with E-state index in [0.717, 1.165) is 22.5 Å². The maximum atomic E-state index is 11.7. The van der Waals surface area contributed by atoms with Crippen LogP contribution in [-0.4, -0.2) is 17.9 Å². The Hall–Kier alpha value is -2.56. The van der Waals surface area contributed by atoms with Crippen LogP contribution in [0.15, 0.2) is 30.3 Å². The molecule has 0 bridgehead atoms. The molecule has 1 aromatic heterocycles. The first kappa shape index (κ1) is 14.8. The van der Waals surface area contributed by atoms with Crippen molar-refractivity contribution < 1.29 is 4.79 Å². The van der Waals surface area contributed by atoms with Crippen molar-refractivity contribution in [3.63, 3.8) is 0 Å². The van der Waals surface area contributed by atoms with Crippen LogP contribution in [-0.2, 0) is 6.54 Å². The molecule has 1 aromatic carbocycles. The minimum absolute atomic E-state index is 0.459. The molecule has 5 nitrogen and oxygen atoms in total. The summed E-state index contributed by atoms with van der Waals surface area (Å²) in [6.45, 7) is 4.39. The van der Waals surface area contributed by atoms with Crippen molar-refractivity contribution >= 4 is 17.4 Å². The summed E-state index contributed by atoms with van der Waals surface area (Å²) in [5, 5.41) is 0. The molecule has 1 heterocycles. The lowest BCUT2D eigenvalue weighted by atomic mass is 10.1. The predicted molar refractivity (Wildman–Crippen MR) is 85.2 cm³/mol. The van der Waals surface area contributed by atoms with E-state index in [9.17, 15) is 4.79 Å². The number of nitrogens with two attached hydrogens (primary N) is 2. The lowest BCUT2D eigenvalue weighted by Gasteiger charge is -2.22. The van der Waals surface area contributed by atoms with Gasteiger partial charge in [-0.3, -0.25) is 4.79 Å². The summed E-state index contributed by atoms with van der Waals surface area (Å²) in [7, 11) is 1.89. The maximum absolute atomic E-state index is 11.7. The summed E-state index contributed by atoms with van der Waals surface area (Å²) in [4.78, 5) is 18.1. The second kappa shape index (κ2) is 5.83. The number of amides is 1. The van der Waals surface area contributed by atoms with Crippen LogP contribution in [0.2, 0.25) is 0 Å². The number of carbonyl (C=O) groups excluding carboxylic acids is 1. The van der Waals surface area contributed by atoms with Crippen molar-refractivity contribution in [1.29, 1.82) is 0 Å². The number of anilines is 2. The van der Waals surface area contributed by atoms with Crippen LogP contribution in [0.5, 0.6) is 0 Å². The van der Waals surface area contributed by atoms with Crippen LogP contribution in [0, 0.1) is 13.8 Å². The number of hydrogen-bond donors (Lipinski definition) is 2. The molecule has 110 valence electrons. The fraction of sp³-hybridized carbons (Fsp3) is 0.250. The smallest absolute Gasteiger partial charge is 0.252 e. The van der Waals surface area contributed by atoms with Crippen molar-refractivity contribution in [2.75, 3.05) is 17.7 Å². The summed E-state index contributed by atoms with van der Waals surface area (Å²) < 4.78 is 0. The lowest BCUT2D eigenvalue weighted by Crippen LogP contribution is -2.24. The molecule has 0 aliphatic carbocycles. The summed E-state index contributed by atoms with van der Waals surface area (Å²) in [6.07, 6.45) is 0.